The van der Waals surface area contributed by atoms with Crippen LogP contribution >= 0.6 is 0 Å². The molecule has 0 spiro atoms. The summed E-state index contributed by atoms with van der Waals surface area (Å²) in [5.41, 5.74) is 21.5. The van der Waals surface area contributed by atoms with Gasteiger partial charge in [-0.3, -0.25) is 99.3 Å². The lowest BCUT2D eigenvalue weighted by Crippen LogP contribution is -2.62. The van der Waals surface area contributed by atoms with Crippen LogP contribution in [0, 0.1) is 0 Å². The van der Waals surface area contributed by atoms with Gasteiger partial charge in [0.1, 0.15) is 37.4 Å². The molecule has 8 rings (SSSR count). The number of urea groups is 4. The summed E-state index contributed by atoms with van der Waals surface area (Å²) in [6.45, 7) is 14.9. The van der Waals surface area contributed by atoms with Crippen molar-refractivity contribution in [1.82, 2.24) is 93.5 Å². The van der Waals surface area contributed by atoms with E-state index in [4.69, 9.17) is 20.4 Å². The molecular weight excluding hydrogens is 1420 g/mol. The van der Waals surface area contributed by atoms with Crippen LogP contribution in [0.2, 0.25) is 0 Å². The van der Waals surface area contributed by atoms with E-state index in [-0.39, 0.29) is 124 Å². The van der Waals surface area contributed by atoms with Crippen LogP contribution in [0.25, 0.3) is 0 Å². The van der Waals surface area contributed by atoms with Gasteiger partial charge in [-0.15, -0.1) is 0 Å². The van der Waals surface area contributed by atoms with E-state index in [2.05, 4.69) is 43.8 Å². The average molecular weight is 1520 g/mol. The number of esters is 2. The summed E-state index contributed by atoms with van der Waals surface area (Å²) in [5.74, 6) is 5.52. The number of benzene rings is 2. The number of nitrogens with two attached hydrogens (primary N) is 2. The Balaban J connectivity index is 0.000000348. The van der Waals surface area contributed by atoms with Gasteiger partial charge in [-0.05, 0) is 90.2 Å². The Bertz CT molecular complexity index is 3470. The van der Waals surface area contributed by atoms with Crippen LogP contribution in [-0.4, -0.2) is 245 Å². The van der Waals surface area contributed by atoms with E-state index in [1.807, 2.05) is 66.1 Å². The third-order valence-corrected chi connectivity index (χ3v) is 16.0. The van der Waals surface area contributed by atoms with Crippen molar-refractivity contribution < 1.29 is 101 Å². The maximum atomic E-state index is 12.8. The van der Waals surface area contributed by atoms with Crippen molar-refractivity contribution in [2.24, 2.45) is 11.7 Å². The number of fused-ring (bicyclic) bond motifs is 2. The Hall–Kier alpha value is -11.3. The highest BCUT2D eigenvalue weighted by Gasteiger charge is 2.44. The van der Waals surface area contributed by atoms with Crippen LogP contribution in [0.1, 0.15) is 157 Å². The fraction of sp³-hybridized carbons (Fsp3) is 0.552. The predicted molar refractivity (Wildman–Crippen MR) is 379 cm³/mol. The molecule has 15 amide bonds. The SMILES string of the molecule is CC(=O)NN.CC(=O)NN(CCC(=O)O)C(=O)N1NCCC[C@H]1C(C)=O.CC(=O)NN(CCC(=O)OCc1ccccc1)C(=O)N1NCCC[C@H]1C(C)=O.CC(=O)NN1CCC(=O)N2CCC[C@@H](C(C)=O)N2C1=O.CC(=O)NNCCC(=O)OCc1ccccc1.CC(=O)[C@@H]1CCCN2C(=O)CCN(N)C(=O)N12. The van der Waals surface area contributed by atoms with Crippen molar-refractivity contribution >= 4 is 107 Å². The number of aliphatic carboxylic acids is 1. The Morgan fingerprint density at radius 2 is 0.898 bits per heavy atom. The average Bonchev–Trinajstić information content (AvgIpc) is 1.56. The van der Waals surface area contributed by atoms with Crippen molar-refractivity contribution in [1.29, 1.82) is 0 Å². The van der Waals surface area contributed by atoms with Crippen molar-refractivity contribution in [3.63, 3.8) is 0 Å². The van der Waals surface area contributed by atoms with E-state index >= 15 is 0 Å². The standard InChI is InChI=1S/C19H26N4O5.C12H20N4O5.C12H18N4O4.C12H16N2O3.C10H16N4O3.C2H6N2O/c1-14(24)17-9-6-11-20-23(17)19(27)22(21-15(2)25)12-10-18(26)28-13-16-7-4-3-5-8-16;1-8(17)10-4-3-6-13-16(10)12(21)15(14-9(2)18)7-5-11(19)20;1-8(17)10-4-3-6-15-11(19)5-7-14(13-9(2)18)12(20)16(10)15;1-10(15)14-13-8-7-12(16)17-9-11-5-3-2-4-6-11;1-7(15)8-3-2-5-13-9(16)4-6-12(11)10(17)14(8)13;1-2(5)4-3/h3-5,7-8,17,20H,6,9-13H2,1-2H3,(H,21,25);10,13H,3-7H2,1-2H3,(H,14,18)(H,19,20);10H,3-7H2,1-2H3,(H,13,18);2-6,13H,7-9H2,1H3,(H,14,15);8H,2-6,11H2,1H3;3H2,1H3,(H,4,5)/t17-;2*10-;;8-;/m000.0./s1. The molecule has 6 saturated heterocycles. The Kier molecular flexibility index (Phi) is 39.8. The second-order valence-electron chi connectivity index (χ2n) is 24.9. The van der Waals surface area contributed by atoms with Crippen LogP contribution in [0.15, 0.2) is 60.7 Å². The number of nitrogens with zero attached hydrogens (tertiary/aromatic N) is 10. The quantitative estimate of drug-likeness (QED) is 0.0279. The topological polar surface area (TPSA) is 527 Å². The number of ketones is 4. The molecule has 0 aromatic heterocycles. The Morgan fingerprint density at radius 1 is 0.500 bits per heavy atom. The molecule has 6 fully saturated rings. The third-order valence-electron chi connectivity index (χ3n) is 16.0. The number of Topliss-reactive ketones (excluding diaryl/α,β-unsaturated/α-hetero) is 4. The van der Waals surface area contributed by atoms with Crippen LogP contribution in [0.3, 0.4) is 0 Å². The number of hydrogen-bond donors (Lipinski definition) is 11. The molecule has 41 nitrogen and oxygen atoms in total. The Labute approximate surface area is 624 Å². The monoisotopic (exact) mass is 1520 g/mol. The van der Waals surface area contributed by atoms with Gasteiger partial charge in [0.25, 0.3) is 0 Å². The van der Waals surface area contributed by atoms with E-state index in [1.165, 1.54) is 87.4 Å². The molecule has 6 aliphatic heterocycles. The van der Waals surface area contributed by atoms with Crippen LogP contribution in [-0.2, 0) is 89.8 Å². The number of rotatable bonds is 19. The van der Waals surface area contributed by atoms with Gasteiger partial charge < -0.3 is 14.6 Å². The van der Waals surface area contributed by atoms with Crippen molar-refractivity contribution in [3.05, 3.63) is 71.8 Å². The number of hydrogen-bond acceptors (Lipinski definition) is 25. The van der Waals surface area contributed by atoms with Gasteiger partial charge in [0.05, 0.1) is 38.9 Å². The zero-order valence-corrected chi connectivity index (χ0v) is 62.3. The fourth-order valence-corrected chi connectivity index (χ4v) is 10.9. The zero-order valence-electron chi connectivity index (χ0n) is 62.3. The van der Waals surface area contributed by atoms with E-state index in [0.717, 1.165) is 55.4 Å². The number of carboxylic acids is 1. The molecule has 596 valence electrons. The van der Waals surface area contributed by atoms with E-state index < -0.39 is 78.0 Å². The highest BCUT2D eigenvalue weighted by molar-refractivity contribution is 5.93. The summed E-state index contributed by atoms with van der Waals surface area (Å²) >= 11 is 0. The van der Waals surface area contributed by atoms with Gasteiger partial charge in [0.2, 0.25) is 41.4 Å². The minimum Gasteiger partial charge on any atom is -0.481 e. The molecule has 2 aromatic rings. The molecule has 0 saturated carbocycles. The molecule has 2 aromatic carbocycles. The molecule has 0 aliphatic carbocycles. The summed E-state index contributed by atoms with van der Waals surface area (Å²) < 4.78 is 10.2. The second-order valence-corrected chi connectivity index (χ2v) is 24.9. The molecule has 0 radical (unpaired) electrons. The molecule has 41 heteroatoms. The first-order chi connectivity index (χ1) is 51.1. The number of carboxylic acid groups (broad SMARTS) is 1. The molecule has 0 unspecified atom stereocenters. The van der Waals surface area contributed by atoms with Crippen LogP contribution in [0.4, 0.5) is 19.2 Å². The minimum absolute atomic E-state index is 0.0746. The van der Waals surface area contributed by atoms with Gasteiger partial charge in [0, 0.05) is 86.7 Å². The third kappa shape index (κ3) is 31.8. The fourth-order valence-electron chi connectivity index (χ4n) is 10.9. The largest absolute Gasteiger partial charge is 0.481 e. The van der Waals surface area contributed by atoms with Crippen molar-refractivity contribution in [2.45, 2.75) is 183 Å². The summed E-state index contributed by atoms with van der Waals surface area (Å²) in [5, 5.41) is 20.2. The minimum atomic E-state index is -1.09. The Morgan fingerprint density at radius 3 is 1.29 bits per heavy atom. The first-order valence-corrected chi connectivity index (χ1v) is 34.8. The van der Waals surface area contributed by atoms with Gasteiger partial charge in [-0.25, -0.2) is 92.2 Å². The second kappa shape index (κ2) is 47.3. The van der Waals surface area contributed by atoms with E-state index in [9.17, 15) is 86.3 Å². The molecule has 0 bridgehead atoms. The highest BCUT2D eigenvalue weighted by Crippen LogP contribution is 2.26. The summed E-state index contributed by atoms with van der Waals surface area (Å²) in [7, 11) is 0. The first-order valence-electron chi connectivity index (χ1n) is 34.8. The number of ether oxygens (including phenoxy) is 2. The smallest absolute Gasteiger partial charge is 0.358 e. The number of nitrogens with one attached hydrogen (secondary N) is 8. The zero-order chi connectivity index (χ0) is 80.7. The number of carbonyl (C=O) groups is 18. The van der Waals surface area contributed by atoms with Crippen LogP contribution < -0.4 is 55.1 Å². The first kappa shape index (κ1) is 90.9. The van der Waals surface area contributed by atoms with Gasteiger partial charge >= 0.3 is 42.0 Å². The summed E-state index contributed by atoms with van der Waals surface area (Å²) in [6.07, 6.45) is 5.22. The molecule has 13 N–H and O–H groups in total. The summed E-state index contributed by atoms with van der Waals surface area (Å²) in [6, 6.07) is 14.0. The predicted octanol–water partition coefficient (Wildman–Crippen LogP) is -0.457. The summed E-state index contributed by atoms with van der Waals surface area (Å²) in [4.78, 5) is 208. The lowest BCUT2D eigenvalue weighted by atomic mass is 10.0. The molecule has 4 atom stereocenters. The number of amides is 15. The van der Waals surface area contributed by atoms with Gasteiger partial charge in [-0.1, -0.05) is 60.7 Å². The maximum Gasteiger partial charge on any atom is 0.358 e. The van der Waals surface area contributed by atoms with Crippen molar-refractivity contribution in [3.8, 4) is 0 Å². The van der Waals surface area contributed by atoms with Gasteiger partial charge in [0.15, 0.2) is 23.1 Å². The number of hydrazine groups is 10. The molecular formula is C67H102N20O21. The normalized spacial score (nSPS) is 17.9. The molecule has 108 heavy (non-hydrogen) atoms. The lowest BCUT2D eigenvalue weighted by Gasteiger charge is -2.42. The molecule has 6 heterocycles. The number of carbonyl (C=O) groups excluding carboxylic acids is 17. The van der Waals surface area contributed by atoms with Gasteiger partial charge in [-0.2, -0.15) is 0 Å². The highest BCUT2D eigenvalue weighted by atomic mass is 16.5. The van der Waals surface area contributed by atoms with Crippen LogP contribution in [0.5, 0.6) is 0 Å². The van der Waals surface area contributed by atoms with E-state index in [0.29, 0.717) is 64.8 Å². The molecule has 6 aliphatic rings. The van der Waals surface area contributed by atoms with E-state index in [1.54, 1.807) is 0 Å². The van der Waals surface area contributed by atoms with Crippen molar-refractivity contribution in [2.75, 3.05) is 58.9 Å². The maximum absolute atomic E-state index is 12.8. The lowest BCUT2D eigenvalue weighted by molar-refractivity contribution is -0.154.